The van der Waals surface area contributed by atoms with Crippen LogP contribution >= 0.6 is 22.6 Å². The molecule has 0 saturated heterocycles. The Morgan fingerprint density at radius 3 is 2.69 bits per heavy atom. The number of aromatic nitrogens is 1. The second-order valence-electron chi connectivity index (χ2n) is 2.94. The third kappa shape index (κ3) is 3.42. The maximum absolute atomic E-state index is 11.5. The van der Waals surface area contributed by atoms with Gasteiger partial charge in [-0.25, -0.2) is 4.79 Å². The molecular weight excluding hydrogens is 327 g/mol. The number of carbonyl (C=O) groups is 2. The number of nitrogens with one attached hydrogen (secondary N) is 1. The van der Waals surface area contributed by atoms with Crippen LogP contribution in [-0.2, 0) is 4.79 Å². The number of amides is 1. The van der Waals surface area contributed by atoms with E-state index in [9.17, 15) is 9.59 Å². The van der Waals surface area contributed by atoms with E-state index < -0.39 is 24.5 Å². The summed E-state index contributed by atoms with van der Waals surface area (Å²) in [5.74, 6) is -1.86. The Bertz CT molecular complexity index is 410. The van der Waals surface area contributed by atoms with Crippen LogP contribution in [0.1, 0.15) is 10.4 Å². The molecule has 0 spiro atoms. The fourth-order valence-electron chi connectivity index (χ4n) is 0.963. The number of carboxylic acid groups (broad SMARTS) is 1. The van der Waals surface area contributed by atoms with E-state index in [2.05, 4.69) is 10.3 Å². The zero-order valence-corrected chi connectivity index (χ0v) is 10.2. The number of aliphatic hydroxyl groups is 1. The molecule has 6 nitrogen and oxygen atoms in total. The van der Waals surface area contributed by atoms with Crippen molar-refractivity contribution in [2.45, 2.75) is 6.04 Å². The molecule has 0 fully saturated rings. The van der Waals surface area contributed by atoms with Gasteiger partial charge in [0.15, 0.2) is 6.04 Å². The van der Waals surface area contributed by atoms with Crippen molar-refractivity contribution in [2.24, 2.45) is 0 Å². The molecule has 1 amide bonds. The van der Waals surface area contributed by atoms with E-state index in [1.165, 1.54) is 6.20 Å². The Balaban J connectivity index is 2.75. The summed E-state index contributed by atoms with van der Waals surface area (Å²) in [7, 11) is 0. The average molecular weight is 336 g/mol. The smallest absolute Gasteiger partial charge is 0.328 e. The molecule has 0 radical (unpaired) electrons. The lowest BCUT2D eigenvalue weighted by molar-refractivity contribution is -0.140. The molecule has 7 heteroatoms. The van der Waals surface area contributed by atoms with Crippen molar-refractivity contribution in [3.8, 4) is 0 Å². The summed E-state index contributed by atoms with van der Waals surface area (Å²) in [6, 6.07) is 0.268. The highest BCUT2D eigenvalue weighted by molar-refractivity contribution is 14.1. The van der Waals surface area contributed by atoms with Gasteiger partial charge in [-0.05, 0) is 28.7 Å². The average Bonchev–Trinajstić information content (AvgIpc) is 2.25. The number of nitrogens with zero attached hydrogens (tertiary/aromatic N) is 1. The summed E-state index contributed by atoms with van der Waals surface area (Å²) >= 11 is 1.99. The quantitative estimate of drug-likeness (QED) is 0.665. The summed E-state index contributed by atoms with van der Waals surface area (Å²) < 4.78 is 0.765. The number of aliphatic carboxylic acids is 1. The third-order valence-electron chi connectivity index (χ3n) is 1.75. The van der Waals surface area contributed by atoms with Gasteiger partial charge in [-0.1, -0.05) is 0 Å². The third-order valence-corrected chi connectivity index (χ3v) is 2.34. The van der Waals surface area contributed by atoms with Gasteiger partial charge in [0.05, 0.1) is 12.2 Å². The highest BCUT2D eigenvalue weighted by Gasteiger charge is 2.19. The lowest BCUT2D eigenvalue weighted by Crippen LogP contribution is -2.43. The number of aliphatic hydroxyl groups excluding tert-OH is 1. The number of rotatable bonds is 4. The van der Waals surface area contributed by atoms with Gasteiger partial charge >= 0.3 is 5.97 Å². The first-order valence-electron chi connectivity index (χ1n) is 4.29. The summed E-state index contributed by atoms with van der Waals surface area (Å²) in [6.45, 7) is -0.654. The van der Waals surface area contributed by atoms with E-state index >= 15 is 0 Å². The van der Waals surface area contributed by atoms with E-state index in [0.717, 1.165) is 3.57 Å². The predicted molar refractivity (Wildman–Crippen MR) is 62.9 cm³/mol. The number of hydrogen-bond acceptors (Lipinski definition) is 4. The normalized spacial score (nSPS) is 11.9. The van der Waals surface area contributed by atoms with Crippen molar-refractivity contribution < 1.29 is 19.8 Å². The molecule has 0 aliphatic heterocycles. The zero-order chi connectivity index (χ0) is 12.1. The molecule has 1 aromatic rings. The molecule has 0 aromatic carbocycles. The van der Waals surface area contributed by atoms with E-state index in [0.29, 0.717) is 0 Å². The van der Waals surface area contributed by atoms with E-state index in [4.69, 9.17) is 10.2 Å². The van der Waals surface area contributed by atoms with Gasteiger partial charge in [0.2, 0.25) is 0 Å². The van der Waals surface area contributed by atoms with Crippen LogP contribution in [0.3, 0.4) is 0 Å². The largest absolute Gasteiger partial charge is 0.480 e. The van der Waals surface area contributed by atoms with Crippen molar-refractivity contribution in [1.29, 1.82) is 0 Å². The molecule has 16 heavy (non-hydrogen) atoms. The number of pyridine rings is 1. The van der Waals surface area contributed by atoms with Gasteiger partial charge in [-0.3, -0.25) is 9.78 Å². The minimum Gasteiger partial charge on any atom is -0.480 e. The van der Waals surface area contributed by atoms with Crippen LogP contribution in [0.15, 0.2) is 18.5 Å². The Labute approximate surface area is 105 Å². The molecule has 3 N–H and O–H groups in total. The van der Waals surface area contributed by atoms with Crippen LogP contribution in [0.2, 0.25) is 0 Å². The maximum Gasteiger partial charge on any atom is 0.328 e. The number of halogens is 1. The molecular formula is C9H9IN2O4. The van der Waals surface area contributed by atoms with Crippen LogP contribution in [0, 0.1) is 3.57 Å². The first-order valence-corrected chi connectivity index (χ1v) is 5.37. The van der Waals surface area contributed by atoms with Crippen molar-refractivity contribution in [2.75, 3.05) is 6.61 Å². The Kier molecular flexibility index (Phi) is 4.62. The molecule has 1 aromatic heterocycles. The van der Waals surface area contributed by atoms with Crippen LogP contribution < -0.4 is 5.32 Å². The minimum absolute atomic E-state index is 0.256. The van der Waals surface area contributed by atoms with Gasteiger partial charge in [-0.2, -0.15) is 0 Å². The summed E-state index contributed by atoms with van der Waals surface area (Å²) in [5, 5.41) is 19.5. The Morgan fingerprint density at radius 2 is 2.19 bits per heavy atom. The van der Waals surface area contributed by atoms with Crippen molar-refractivity contribution in [1.82, 2.24) is 10.3 Å². The van der Waals surface area contributed by atoms with E-state index in [1.54, 1.807) is 12.3 Å². The fourth-order valence-corrected chi connectivity index (χ4v) is 1.46. The highest BCUT2D eigenvalue weighted by atomic mass is 127. The maximum atomic E-state index is 11.5. The molecule has 0 aliphatic rings. The summed E-state index contributed by atoms with van der Waals surface area (Å²) in [6.07, 6.45) is 2.89. The van der Waals surface area contributed by atoms with Gasteiger partial charge in [-0.15, -0.1) is 0 Å². The first kappa shape index (κ1) is 12.8. The number of carboxylic acids is 1. The van der Waals surface area contributed by atoms with Crippen LogP contribution in [0.4, 0.5) is 0 Å². The standard InChI is InChI=1S/C9H9IN2O4/c10-6-1-5(2-11-3-6)8(14)12-7(4-13)9(15)16/h1-3,7,13H,4H2,(H,12,14)(H,15,16). The van der Waals surface area contributed by atoms with Crippen molar-refractivity contribution in [3.05, 3.63) is 27.6 Å². The highest BCUT2D eigenvalue weighted by Crippen LogP contribution is 2.05. The molecule has 86 valence electrons. The topological polar surface area (TPSA) is 99.5 Å². The number of hydrogen-bond donors (Lipinski definition) is 3. The van der Waals surface area contributed by atoms with Crippen LogP contribution in [0.5, 0.6) is 0 Å². The molecule has 1 atom stereocenters. The summed E-state index contributed by atoms with van der Waals surface area (Å²) in [4.78, 5) is 25.9. The Hall–Kier alpha value is -1.22. The predicted octanol–water partition coefficient (Wildman–Crippen LogP) is -0.138. The fraction of sp³-hybridized carbons (Fsp3) is 0.222. The minimum atomic E-state index is -1.30. The van der Waals surface area contributed by atoms with Gasteiger partial charge < -0.3 is 15.5 Å². The molecule has 0 aliphatic carbocycles. The van der Waals surface area contributed by atoms with Gasteiger partial charge in [0.25, 0.3) is 5.91 Å². The van der Waals surface area contributed by atoms with Crippen LogP contribution in [-0.4, -0.2) is 39.7 Å². The Morgan fingerprint density at radius 1 is 1.50 bits per heavy atom. The van der Waals surface area contributed by atoms with Gasteiger partial charge in [0, 0.05) is 16.0 Å². The molecule has 1 heterocycles. The van der Waals surface area contributed by atoms with Crippen molar-refractivity contribution in [3.63, 3.8) is 0 Å². The SMILES string of the molecule is O=C(NC(CO)C(=O)O)c1cncc(I)c1. The lowest BCUT2D eigenvalue weighted by atomic mass is 10.2. The summed E-state index contributed by atoms with van der Waals surface area (Å²) in [5.41, 5.74) is 0.256. The monoisotopic (exact) mass is 336 g/mol. The second kappa shape index (κ2) is 5.75. The lowest BCUT2D eigenvalue weighted by Gasteiger charge is -2.11. The van der Waals surface area contributed by atoms with Crippen LogP contribution in [0.25, 0.3) is 0 Å². The second-order valence-corrected chi connectivity index (χ2v) is 4.18. The van der Waals surface area contributed by atoms with Gasteiger partial charge in [0.1, 0.15) is 0 Å². The van der Waals surface area contributed by atoms with E-state index in [1.807, 2.05) is 22.6 Å². The zero-order valence-electron chi connectivity index (χ0n) is 8.05. The number of carbonyl (C=O) groups excluding carboxylic acids is 1. The molecule has 0 saturated carbocycles. The van der Waals surface area contributed by atoms with E-state index in [-0.39, 0.29) is 5.56 Å². The van der Waals surface area contributed by atoms with Crippen molar-refractivity contribution >= 4 is 34.5 Å². The molecule has 1 rings (SSSR count). The molecule has 0 bridgehead atoms. The molecule has 1 unspecified atom stereocenters. The first-order chi connectivity index (χ1) is 7.54.